The molecule has 3 heteroatoms. The first-order chi connectivity index (χ1) is 11.3. The fourth-order valence-electron chi connectivity index (χ4n) is 3.40. The third-order valence-corrected chi connectivity index (χ3v) is 4.64. The fraction of sp³-hybridized carbons (Fsp3) is 0.400. The first-order valence-corrected chi connectivity index (χ1v) is 8.61. The molecule has 3 nitrogen and oxygen atoms in total. The van der Waals surface area contributed by atoms with Crippen LogP contribution >= 0.6 is 0 Å². The minimum atomic E-state index is -0.0397. The van der Waals surface area contributed by atoms with E-state index in [2.05, 4.69) is 28.5 Å². The summed E-state index contributed by atoms with van der Waals surface area (Å²) in [4.78, 5) is 16.9. The number of rotatable bonds is 5. The number of nitrogens with zero attached hydrogens (tertiary/aromatic N) is 1. The van der Waals surface area contributed by atoms with E-state index < -0.39 is 0 Å². The van der Waals surface area contributed by atoms with Gasteiger partial charge in [0.1, 0.15) is 5.69 Å². The summed E-state index contributed by atoms with van der Waals surface area (Å²) < 4.78 is 0. The predicted molar refractivity (Wildman–Crippen MR) is 92.5 cm³/mol. The molecule has 1 N–H and O–H groups in total. The van der Waals surface area contributed by atoms with Crippen LogP contribution in [0, 0.1) is 0 Å². The Morgan fingerprint density at radius 2 is 1.83 bits per heavy atom. The van der Waals surface area contributed by atoms with Crippen LogP contribution in [0.15, 0.2) is 48.7 Å². The molecule has 0 aliphatic heterocycles. The van der Waals surface area contributed by atoms with E-state index in [-0.39, 0.29) is 5.91 Å². The maximum atomic E-state index is 12.5. The van der Waals surface area contributed by atoms with Gasteiger partial charge in [0.25, 0.3) is 5.91 Å². The summed E-state index contributed by atoms with van der Waals surface area (Å²) in [5, 5.41) is 3.03. The molecule has 1 saturated carbocycles. The van der Waals surface area contributed by atoms with Gasteiger partial charge in [-0.3, -0.25) is 9.78 Å². The molecule has 1 aromatic heterocycles. The van der Waals surface area contributed by atoms with Crippen LogP contribution in [0.5, 0.6) is 0 Å². The van der Waals surface area contributed by atoms with Crippen LogP contribution in [0.3, 0.4) is 0 Å². The van der Waals surface area contributed by atoms with Gasteiger partial charge in [-0.1, -0.05) is 55.7 Å². The van der Waals surface area contributed by atoms with Crippen molar-refractivity contribution in [3.05, 3.63) is 65.5 Å². The van der Waals surface area contributed by atoms with E-state index in [4.69, 9.17) is 0 Å². The molecule has 2 aromatic rings. The number of aromatic nitrogens is 1. The Balaban J connectivity index is 1.62. The third-order valence-electron chi connectivity index (χ3n) is 4.64. The third kappa shape index (κ3) is 4.19. The summed E-state index contributed by atoms with van der Waals surface area (Å²) in [5.41, 5.74) is 2.98. The molecule has 0 unspecified atom stereocenters. The van der Waals surface area contributed by atoms with Crippen LogP contribution in [0.1, 0.15) is 59.6 Å². The number of nitrogens with one attached hydrogen (secondary N) is 1. The number of amides is 1. The van der Waals surface area contributed by atoms with Crippen molar-refractivity contribution in [2.75, 3.05) is 6.54 Å². The maximum Gasteiger partial charge on any atom is 0.270 e. The zero-order valence-electron chi connectivity index (χ0n) is 13.5. The van der Waals surface area contributed by atoms with E-state index in [0.29, 0.717) is 18.2 Å². The number of hydrogen-bond acceptors (Lipinski definition) is 2. The van der Waals surface area contributed by atoms with Gasteiger partial charge in [0, 0.05) is 12.7 Å². The fourth-order valence-corrected chi connectivity index (χ4v) is 3.40. The quantitative estimate of drug-likeness (QED) is 0.903. The molecule has 0 saturated heterocycles. The molecule has 0 radical (unpaired) electrons. The van der Waals surface area contributed by atoms with Crippen molar-refractivity contribution in [3.63, 3.8) is 0 Å². The van der Waals surface area contributed by atoms with Crippen molar-refractivity contribution in [1.29, 1.82) is 0 Å². The normalized spacial score (nSPS) is 15.3. The van der Waals surface area contributed by atoms with Gasteiger partial charge in [-0.25, -0.2) is 0 Å². The summed E-state index contributed by atoms with van der Waals surface area (Å²) in [6.45, 7) is 0.642. The highest BCUT2D eigenvalue weighted by Gasteiger charge is 2.21. The second-order valence-corrected chi connectivity index (χ2v) is 6.27. The Morgan fingerprint density at radius 1 is 1.04 bits per heavy atom. The van der Waals surface area contributed by atoms with Crippen molar-refractivity contribution in [2.45, 2.75) is 44.4 Å². The topological polar surface area (TPSA) is 42.0 Å². The predicted octanol–water partition coefficient (Wildman–Crippen LogP) is 4.10. The van der Waals surface area contributed by atoms with Gasteiger partial charge in [-0.2, -0.15) is 0 Å². The number of hydrogen-bond donors (Lipinski definition) is 1. The van der Waals surface area contributed by atoms with E-state index in [1.54, 1.807) is 6.20 Å². The summed E-state index contributed by atoms with van der Waals surface area (Å²) in [5.74, 6) is 0.453. The molecule has 1 heterocycles. The highest BCUT2D eigenvalue weighted by molar-refractivity contribution is 5.93. The Hall–Kier alpha value is -2.16. The van der Waals surface area contributed by atoms with E-state index in [1.807, 2.05) is 24.3 Å². The molecule has 3 rings (SSSR count). The van der Waals surface area contributed by atoms with E-state index in [0.717, 1.165) is 12.0 Å². The lowest BCUT2D eigenvalue weighted by atomic mass is 9.83. The Kier molecular flexibility index (Phi) is 5.41. The van der Waals surface area contributed by atoms with Crippen molar-refractivity contribution >= 4 is 5.91 Å². The lowest BCUT2D eigenvalue weighted by Gasteiger charge is -2.23. The van der Waals surface area contributed by atoms with Crippen LogP contribution < -0.4 is 5.32 Å². The molecular formula is C20H24N2O. The molecule has 1 fully saturated rings. The summed E-state index contributed by atoms with van der Waals surface area (Å²) >= 11 is 0. The van der Waals surface area contributed by atoms with Gasteiger partial charge in [0.2, 0.25) is 0 Å². The first-order valence-electron chi connectivity index (χ1n) is 8.61. The number of pyridine rings is 1. The number of carbonyl (C=O) groups excluding carboxylic acids is 1. The van der Waals surface area contributed by atoms with Crippen LogP contribution in [-0.2, 0) is 6.42 Å². The van der Waals surface area contributed by atoms with Crippen molar-refractivity contribution in [2.24, 2.45) is 0 Å². The Bertz CT molecular complexity index is 633. The largest absolute Gasteiger partial charge is 0.350 e. The van der Waals surface area contributed by atoms with E-state index in [9.17, 15) is 4.79 Å². The highest BCUT2D eigenvalue weighted by atomic mass is 16.1. The molecule has 0 atom stereocenters. The maximum absolute atomic E-state index is 12.5. The smallest absolute Gasteiger partial charge is 0.270 e. The molecule has 1 aliphatic rings. The molecule has 1 aromatic carbocycles. The minimum Gasteiger partial charge on any atom is -0.350 e. The summed E-state index contributed by atoms with van der Waals surface area (Å²) in [7, 11) is 0. The zero-order chi connectivity index (χ0) is 15.9. The van der Waals surface area contributed by atoms with Gasteiger partial charge < -0.3 is 5.32 Å². The molecule has 1 amide bonds. The van der Waals surface area contributed by atoms with Crippen molar-refractivity contribution < 1.29 is 4.79 Å². The average molecular weight is 308 g/mol. The summed E-state index contributed by atoms with van der Waals surface area (Å²) in [6.07, 6.45) is 8.75. The van der Waals surface area contributed by atoms with E-state index in [1.165, 1.54) is 37.7 Å². The molecule has 0 bridgehead atoms. The second-order valence-electron chi connectivity index (χ2n) is 6.27. The van der Waals surface area contributed by atoms with Crippen LogP contribution in [0.4, 0.5) is 0 Å². The highest BCUT2D eigenvalue weighted by Crippen LogP contribution is 2.33. The number of carbonyl (C=O) groups is 1. The van der Waals surface area contributed by atoms with Gasteiger partial charge in [-0.15, -0.1) is 0 Å². The van der Waals surface area contributed by atoms with Crippen LogP contribution in [0.2, 0.25) is 0 Å². The molecule has 120 valence electrons. The van der Waals surface area contributed by atoms with Gasteiger partial charge in [0.15, 0.2) is 0 Å². The van der Waals surface area contributed by atoms with E-state index >= 15 is 0 Å². The second kappa shape index (κ2) is 7.91. The molecule has 23 heavy (non-hydrogen) atoms. The number of benzene rings is 1. The van der Waals surface area contributed by atoms with Gasteiger partial charge >= 0.3 is 0 Å². The van der Waals surface area contributed by atoms with Gasteiger partial charge in [-0.05, 0) is 42.4 Å². The standard InChI is InChI=1S/C20H24N2O/c23-20(22-15-13-16-8-3-1-4-9-16)19-18(12-7-14-21-19)17-10-5-2-6-11-17/h1,3-4,7-9,12,14,17H,2,5-6,10-11,13,15H2,(H,22,23). The minimum absolute atomic E-state index is 0.0397. The zero-order valence-corrected chi connectivity index (χ0v) is 13.5. The first kappa shape index (κ1) is 15.7. The van der Waals surface area contributed by atoms with Crippen LogP contribution in [0.25, 0.3) is 0 Å². The molecular weight excluding hydrogens is 284 g/mol. The average Bonchev–Trinajstić information content (AvgIpc) is 2.63. The Morgan fingerprint density at radius 3 is 2.61 bits per heavy atom. The van der Waals surface area contributed by atoms with Crippen LogP contribution in [-0.4, -0.2) is 17.4 Å². The summed E-state index contributed by atoms with van der Waals surface area (Å²) in [6, 6.07) is 14.3. The SMILES string of the molecule is O=C(NCCc1ccccc1)c1ncccc1C1CCCCC1. The molecule has 0 spiro atoms. The van der Waals surface area contributed by atoms with Crippen molar-refractivity contribution in [1.82, 2.24) is 10.3 Å². The lowest BCUT2D eigenvalue weighted by Crippen LogP contribution is -2.28. The lowest BCUT2D eigenvalue weighted by molar-refractivity contribution is 0.0947. The van der Waals surface area contributed by atoms with Gasteiger partial charge in [0.05, 0.1) is 0 Å². The van der Waals surface area contributed by atoms with Crippen molar-refractivity contribution in [3.8, 4) is 0 Å². The monoisotopic (exact) mass is 308 g/mol. The molecule has 1 aliphatic carbocycles. The Labute approximate surface area is 138 Å².